The van der Waals surface area contributed by atoms with Crippen LogP contribution in [0.3, 0.4) is 0 Å². The number of aromatic amines is 1. The van der Waals surface area contributed by atoms with Gasteiger partial charge in [0.25, 0.3) is 0 Å². The number of aromatic nitrogens is 3. The second kappa shape index (κ2) is 3.47. The zero-order valence-corrected chi connectivity index (χ0v) is 9.47. The summed E-state index contributed by atoms with van der Waals surface area (Å²) >= 11 is 0. The number of nitrogens with one attached hydrogen (secondary N) is 1. The summed E-state index contributed by atoms with van der Waals surface area (Å²) in [6, 6.07) is 0. The number of alkyl halides is 3. The molecule has 0 unspecified atom stereocenters. The van der Waals surface area contributed by atoms with Gasteiger partial charge in [0.1, 0.15) is 0 Å². The van der Waals surface area contributed by atoms with Gasteiger partial charge in [-0.15, -0.1) is 0 Å². The maximum absolute atomic E-state index is 14.1. The highest BCUT2D eigenvalue weighted by Gasteiger charge is 2.39. The molecule has 2 aromatic rings. The molecule has 0 spiro atoms. The molecule has 1 N–H and O–H groups in total. The number of hydrogen-bond donors (Lipinski definition) is 1. The van der Waals surface area contributed by atoms with Crippen molar-refractivity contribution in [2.75, 3.05) is 13.6 Å². The predicted octanol–water partition coefficient (Wildman–Crippen LogP) is 1.97. The van der Waals surface area contributed by atoms with Crippen molar-refractivity contribution in [1.82, 2.24) is 19.7 Å². The maximum atomic E-state index is 14.1. The van der Waals surface area contributed by atoms with Crippen LogP contribution in [0.4, 0.5) is 17.6 Å². The van der Waals surface area contributed by atoms with Crippen molar-refractivity contribution in [3.8, 4) is 0 Å². The minimum Gasteiger partial charge on any atom is -0.323 e. The summed E-state index contributed by atoms with van der Waals surface area (Å²) in [5.74, 6) is -0.822. The molecule has 0 saturated heterocycles. The van der Waals surface area contributed by atoms with Gasteiger partial charge in [-0.25, -0.2) is 4.39 Å². The van der Waals surface area contributed by atoms with Gasteiger partial charge in [0.05, 0.1) is 11.1 Å². The highest BCUT2D eigenvalue weighted by Crippen LogP contribution is 2.37. The number of rotatable bonds is 0. The topological polar surface area (TPSA) is 36.9 Å². The summed E-state index contributed by atoms with van der Waals surface area (Å²) in [5.41, 5.74) is -0.803. The highest BCUT2D eigenvalue weighted by atomic mass is 19.4. The molecule has 1 aliphatic rings. The SMILES string of the molecule is CN1CCn2c(c(F)c3c(C(F)(F)F)[nH]nc32)C1. The lowest BCUT2D eigenvalue weighted by molar-refractivity contribution is -0.140. The second-order valence-corrected chi connectivity index (χ2v) is 4.45. The zero-order chi connectivity index (χ0) is 13.1. The van der Waals surface area contributed by atoms with Gasteiger partial charge >= 0.3 is 6.18 Å². The number of likely N-dealkylation sites (N-methyl/N-ethyl adjacent to an activating group) is 1. The average Bonchev–Trinajstić information content (AvgIpc) is 2.80. The van der Waals surface area contributed by atoms with Crippen LogP contribution in [0.15, 0.2) is 0 Å². The Bertz CT molecular complexity index is 609. The summed E-state index contributed by atoms with van der Waals surface area (Å²) in [4.78, 5) is 1.86. The molecule has 4 nitrogen and oxygen atoms in total. The van der Waals surface area contributed by atoms with Crippen molar-refractivity contribution in [3.63, 3.8) is 0 Å². The molecule has 1 aliphatic heterocycles. The Morgan fingerprint density at radius 2 is 2.00 bits per heavy atom. The first-order chi connectivity index (χ1) is 8.39. The van der Waals surface area contributed by atoms with E-state index in [4.69, 9.17) is 0 Å². The van der Waals surface area contributed by atoms with Gasteiger partial charge in [0.15, 0.2) is 17.2 Å². The third-order valence-electron chi connectivity index (χ3n) is 3.21. The molecule has 8 heteroatoms. The minimum atomic E-state index is -4.63. The number of fused-ring (bicyclic) bond motifs is 3. The largest absolute Gasteiger partial charge is 0.433 e. The van der Waals surface area contributed by atoms with Crippen LogP contribution in [-0.4, -0.2) is 33.3 Å². The van der Waals surface area contributed by atoms with Crippen molar-refractivity contribution in [2.24, 2.45) is 0 Å². The fourth-order valence-electron chi connectivity index (χ4n) is 2.33. The molecular formula is C10H10F4N4. The lowest BCUT2D eigenvalue weighted by Gasteiger charge is -2.24. The number of hydrogen-bond acceptors (Lipinski definition) is 2. The monoisotopic (exact) mass is 262 g/mol. The molecule has 0 aliphatic carbocycles. The van der Waals surface area contributed by atoms with E-state index in [0.29, 0.717) is 19.6 Å². The summed E-state index contributed by atoms with van der Waals surface area (Å²) < 4.78 is 53.8. The van der Waals surface area contributed by atoms with Crippen LogP contribution >= 0.6 is 0 Å². The second-order valence-electron chi connectivity index (χ2n) is 4.45. The third-order valence-corrected chi connectivity index (χ3v) is 3.21. The van der Waals surface area contributed by atoms with Gasteiger partial charge < -0.3 is 4.57 Å². The number of H-pyrrole nitrogens is 1. The molecule has 0 radical (unpaired) electrons. The molecule has 3 heterocycles. The van der Waals surface area contributed by atoms with E-state index in [1.165, 1.54) is 4.57 Å². The van der Waals surface area contributed by atoms with Crippen LogP contribution in [0.1, 0.15) is 11.4 Å². The average molecular weight is 262 g/mol. The zero-order valence-electron chi connectivity index (χ0n) is 9.47. The lowest BCUT2D eigenvalue weighted by atomic mass is 10.2. The first-order valence-electron chi connectivity index (χ1n) is 5.40. The Balaban J connectivity index is 2.28. The minimum absolute atomic E-state index is 0.0444. The Morgan fingerprint density at radius 3 is 2.67 bits per heavy atom. The van der Waals surface area contributed by atoms with Crippen LogP contribution in [0, 0.1) is 5.82 Å². The molecular weight excluding hydrogens is 252 g/mol. The Labute approximate surface area is 99.2 Å². The van der Waals surface area contributed by atoms with E-state index in [9.17, 15) is 17.6 Å². The normalized spacial score (nSPS) is 17.4. The molecule has 3 rings (SSSR count). The first-order valence-corrected chi connectivity index (χ1v) is 5.40. The highest BCUT2D eigenvalue weighted by molar-refractivity contribution is 5.82. The molecule has 18 heavy (non-hydrogen) atoms. The molecule has 2 aromatic heterocycles. The van der Waals surface area contributed by atoms with Crippen molar-refractivity contribution in [1.29, 1.82) is 0 Å². The molecule has 0 fully saturated rings. The van der Waals surface area contributed by atoms with Gasteiger partial charge in [-0.3, -0.25) is 10.00 Å². The van der Waals surface area contributed by atoms with Crippen LogP contribution in [0.25, 0.3) is 11.0 Å². The van der Waals surface area contributed by atoms with E-state index in [2.05, 4.69) is 5.10 Å². The summed E-state index contributed by atoms with van der Waals surface area (Å²) in [5, 5.41) is 5.04. The molecule has 0 atom stereocenters. The van der Waals surface area contributed by atoms with Crippen LogP contribution in [0.2, 0.25) is 0 Å². The van der Waals surface area contributed by atoms with E-state index >= 15 is 0 Å². The van der Waals surface area contributed by atoms with Crippen LogP contribution in [0.5, 0.6) is 0 Å². The first kappa shape index (κ1) is 11.5. The predicted molar refractivity (Wildman–Crippen MR) is 55.4 cm³/mol. The standard InChI is InChI=1S/C10H10F4N4/c1-17-2-3-18-5(4-17)7(11)6-8(10(12,13)14)15-16-9(6)18/h2-4H2,1H3,(H,15,16). The van der Waals surface area contributed by atoms with Gasteiger partial charge in [-0.2, -0.15) is 18.3 Å². The summed E-state index contributed by atoms with van der Waals surface area (Å²) in [6.07, 6.45) is -4.63. The lowest BCUT2D eigenvalue weighted by Crippen LogP contribution is -2.30. The number of halogens is 4. The summed E-state index contributed by atoms with van der Waals surface area (Å²) in [7, 11) is 1.80. The molecule has 0 bridgehead atoms. The smallest absolute Gasteiger partial charge is 0.323 e. The van der Waals surface area contributed by atoms with E-state index < -0.39 is 23.1 Å². The molecule has 0 amide bonds. The Kier molecular flexibility index (Phi) is 2.22. The van der Waals surface area contributed by atoms with Crippen molar-refractivity contribution in [3.05, 3.63) is 17.2 Å². The summed E-state index contributed by atoms with van der Waals surface area (Å²) in [6.45, 7) is 1.39. The Morgan fingerprint density at radius 1 is 1.28 bits per heavy atom. The fourth-order valence-corrected chi connectivity index (χ4v) is 2.33. The van der Waals surface area contributed by atoms with E-state index in [0.717, 1.165) is 0 Å². The molecule has 0 saturated carbocycles. The van der Waals surface area contributed by atoms with E-state index in [1.807, 2.05) is 10.00 Å². The van der Waals surface area contributed by atoms with Gasteiger partial charge in [0, 0.05) is 19.6 Å². The van der Waals surface area contributed by atoms with Gasteiger partial charge in [-0.1, -0.05) is 0 Å². The maximum Gasteiger partial charge on any atom is 0.433 e. The quantitative estimate of drug-likeness (QED) is 0.737. The van der Waals surface area contributed by atoms with Gasteiger partial charge in [0.2, 0.25) is 0 Å². The van der Waals surface area contributed by atoms with E-state index in [1.54, 1.807) is 7.05 Å². The van der Waals surface area contributed by atoms with Crippen molar-refractivity contribution >= 4 is 11.0 Å². The molecule has 98 valence electrons. The van der Waals surface area contributed by atoms with Crippen LogP contribution < -0.4 is 0 Å². The van der Waals surface area contributed by atoms with E-state index in [-0.39, 0.29) is 11.3 Å². The fraction of sp³-hybridized carbons (Fsp3) is 0.500. The Hall–Kier alpha value is -1.57. The van der Waals surface area contributed by atoms with Crippen molar-refractivity contribution in [2.45, 2.75) is 19.3 Å². The third kappa shape index (κ3) is 1.45. The molecule has 0 aromatic carbocycles. The van der Waals surface area contributed by atoms with Crippen molar-refractivity contribution < 1.29 is 17.6 Å². The number of nitrogens with zero attached hydrogens (tertiary/aromatic N) is 3. The van der Waals surface area contributed by atoms with Gasteiger partial charge in [-0.05, 0) is 7.05 Å². The van der Waals surface area contributed by atoms with Crippen LogP contribution in [-0.2, 0) is 19.3 Å².